The lowest BCUT2D eigenvalue weighted by Gasteiger charge is -2.29. The minimum atomic E-state index is -4.60. The van der Waals surface area contributed by atoms with E-state index in [4.69, 9.17) is 9.05 Å². The third-order valence-corrected chi connectivity index (χ3v) is 19.3. The van der Waals surface area contributed by atoms with E-state index < -0.39 is 20.0 Å². The summed E-state index contributed by atoms with van der Waals surface area (Å²) in [7, 11) is 1.28. The maximum Gasteiger partial charge on any atom is 0.268 e. The Balaban J connectivity index is 3.90. The number of aliphatic hydroxyl groups excluding tert-OH is 1. The fraction of sp³-hybridized carbons (Fsp3) is 0.911. The predicted molar refractivity (Wildman–Crippen MR) is 385 cm³/mol. The number of allylic oxidation sites excluding steroid dienone is 5. The first-order valence-corrected chi connectivity index (χ1v) is 40.8. The number of carbonyl (C=O) groups is 1. The zero-order valence-electron chi connectivity index (χ0n) is 60.0. The van der Waals surface area contributed by atoms with Crippen molar-refractivity contribution in [3.8, 4) is 0 Å². The van der Waals surface area contributed by atoms with E-state index >= 15 is 0 Å². The Morgan fingerprint density at radius 1 is 0.398 bits per heavy atom. The van der Waals surface area contributed by atoms with E-state index in [1.54, 1.807) is 6.08 Å². The number of amides is 1. The molecule has 0 aliphatic carbocycles. The summed E-state index contributed by atoms with van der Waals surface area (Å²) in [6, 6.07) is -0.886. The fourth-order valence-electron chi connectivity index (χ4n) is 12.3. The standard InChI is InChI=1S/C79H155N2O6P/c1-6-8-10-12-14-16-18-20-22-24-26-28-30-32-33-34-35-36-37-38-39-40-41-42-43-44-45-46-47-49-51-53-55-57-59-61-63-65-67-69-71-73-79(83)80-77(76-87-88(84,85)86-75-74-81(3,4)5)78(82)72-70-68-66-64-62-60-58-56-54-52-50-48-31-29-27-25-23-21-19-17-15-13-11-9-7-2/h18,20,24,26,70,72,77-78,82H,6-17,19,21-23,25,27-69,71,73-76H2,1-5H3,(H-,80,83,84,85)/b20-18-,26-24-,72-70+. The van der Waals surface area contributed by atoms with Crippen LogP contribution in [0.15, 0.2) is 36.5 Å². The third-order valence-electron chi connectivity index (χ3n) is 18.3. The molecule has 0 aliphatic heterocycles. The van der Waals surface area contributed by atoms with Gasteiger partial charge in [0.25, 0.3) is 7.82 Å². The molecule has 0 saturated heterocycles. The maximum atomic E-state index is 13.1. The lowest BCUT2D eigenvalue weighted by Crippen LogP contribution is -2.45. The van der Waals surface area contributed by atoms with E-state index in [0.29, 0.717) is 17.4 Å². The number of quaternary nitrogens is 1. The molecule has 3 atom stereocenters. The molecule has 8 nitrogen and oxygen atoms in total. The van der Waals surface area contributed by atoms with Gasteiger partial charge in [-0.05, 0) is 51.4 Å². The van der Waals surface area contributed by atoms with E-state index in [1.807, 2.05) is 27.2 Å². The van der Waals surface area contributed by atoms with Gasteiger partial charge in [0.1, 0.15) is 13.2 Å². The zero-order valence-corrected chi connectivity index (χ0v) is 60.9. The van der Waals surface area contributed by atoms with E-state index in [0.717, 1.165) is 44.9 Å². The van der Waals surface area contributed by atoms with Crippen LogP contribution in [0.3, 0.4) is 0 Å². The van der Waals surface area contributed by atoms with Crippen molar-refractivity contribution >= 4 is 13.7 Å². The highest BCUT2D eigenvalue weighted by atomic mass is 31.2. The first-order chi connectivity index (χ1) is 43.0. The Hall–Kier alpha value is -1.28. The SMILES string of the molecule is CCCCCCC/C=C\C/C=C\CCCCCCCCCCCCCCCCCCCCCCCCCCCCCCCC(=O)NC(COP(=O)([O-])OCC[N+](C)(C)C)C(O)/C=C/CCCCCCCCCCCCCCCCCCCCCCCCC. The number of phosphoric acid groups is 1. The van der Waals surface area contributed by atoms with Crippen molar-refractivity contribution in [1.29, 1.82) is 0 Å². The van der Waals surface area contributed by atoms with E-state index in [1.165, 1.54) is 347 Å². The third kappa shape index (κ3) is 72.2. The molecule has 0 rings (SSSR count). The van der Waals surface area contributed by atoms with Crippen LogP contribution in [0.4, 0.5) is 0 Å². The summed E-state index contributed by atoms with van der Waals surface area (Å²) in [5.74, 6) is -0.187. The molecule has 1 amide bonds. The molecule has 0 fully saturated rings. The minimum absolute atomic E-state index is 0.00197. The second-order valence-electron chi connectivity index (χ2n) is 28.4. The number of aliphatic hydroxyl groups is 1. The highest BCUT2D eigenvalue weighted by Gasteiger charge is 2.23. The Bertz CT molecular complexity index is 1530. The average molecular weight is 1260 g/mol. The summed E-state index contributed by atoms with van der Waals surface area (Å²) in [6.45, 7) is 4.71. The van der Waals surface area contributed by atoms with Crippen LogP contribution in [0, 0.1) is 0 Å². The average Bonchev–Trinajstić information content (AvgIpc) is 3.71. The van der Waals surface area contributed by atoms with Gasteiger partial charge >= 0.3 is 0 Å². The molecule has 3 unspecified atom stereocenters. The molecule has 522 valence electrons. The van der Waals surface area contributed by atoms with Gasteiger partial charge in [0, 0.05) is 6.42 Å². The second-order valence-corrected chi connectivity index (χ2v) is 29.8. The summed E-state index contributed by atoms with van der Waals surface area (Å²) in [4.78, 5) is 25.7. The molecule has 0 aromatic heterocycles. The van der Waals surface area contributed by atoms with Gasteiger partial charge in [0.15, 0.2) is 0 Å². The van der Waals surface area contributed by atoms with Crippen LogP contribution in [0.2, 0.25) is 0 Å². The lowest BCUT2D eigenvalue weighted by molar-refractivity contribution is -0.870. The lowest BCUT2D eigenvalue weighted by atomic mass is 10.0. The van der Waals surface area contributed by atoms with Crippen molar-refractivity contribution in [3.63, 3.8) is 0 Å². The molecule has 0 aliphatic rings. The van der Waals surface area contributed by atoms with E-state index in [-0.39, 0.29) is 19.1 Å². The number of hydrogen-bond acceptors (Lipinski definition) is 6. The molecular weight excluding hydrogens is 1100 g/mol. The highest BCUT2D eigenvalue weighted by molar-refractivity contribution is 7.45. The van der Waals surface area contributed by atoms with Crippen molar-refractivity contribution in [2.24, 2.45) is 0 Å². The second kappa shape index (κ2) is 70.0. The first-order valence-electron chi connectivity index (χ1n) is 39.4. The van der Waals surface area contributed by atoms with Crippen molar-refractivity contribution < 1.29 is 32.9 Å². The van der Waals surface area contributed by atoms with Crippen molar-refractivity contribution in [2.45, 2.75) is 424 Å². The summed E-state index contributed by atoms with van der Waals surface area (Å²) < 4.78 is 23.5. The molecule has 0 aromatic carbocycles. The summed E-state index contributed by atoms with van der Waals surface area (Å²) in [5, 5.41) is 14.0. The molecule has 0 saturated carbocycles. The smallest absolute Gasteiger partial charge is 0.268 e. The number of unbranched alkanes of at least 4 members (excludes halogenated alkanes) is 57. The fourth-order valence-corrected chi connectivity index (χ4v) is 13.0. The van der Waals surface area contributed by atoms with Crippen LogP contribution >= 0.6 is 7.82 Å². The number of likely N-dealkylation sites (N-methyl/N-ethyl adjacent to an activating group) is 1. The molecule has 9 heteroatoms. The number of nitrogens with one attached hydrogen (secondary N) is 1. The summed E-state index contributed by atoms with van der Waals surface area (Å²) in [5.41, 5.74) is 0. The molecule has 88 heavy (non-hydrogen) atoms. The Labute approximate surface area is 550 Å². The maximum absolute atomic E-state index is 13.1. The number of rotatable bonds is 74. The van der Waals surface area contributed by atoms with Crippen molar-refractivity contribution in [3.05, 3.63) is 36.5 Å². The molecule has 0 bridgehead atoms. The Morgan fingerprint density at radius 3 is 0.943 bits per heavy atom. The number of nitrogens with zero attached hydrogens (tertiary/aromatic N) is 1. The number of phosphoric ester groups is 1. The first kappa shape index (κ1) is 86.7. The minimum Gasteiger partial charge on any atom is -0.756 e. The van der Waals surface area contributed by atoms with Gasteiger partial charge in [0.05, 0.1) is 39.9 Å². The largest absolute Gasteiger partial charge is 0.756 e. The number of hydrogen-bond donors (Lipinski definition) is 2. The van der Waals surface area contributed by atoms with Crippen LogP contribution < -0.4 is 10.2 Å². The monoisotopic (exact) mass is 1260 g/mol. The number of carbonyl (C=O) groups excluding carboxylic acids is 1. The Kier molecular flexibility index (Phi) is 69.0. The van der Waals surface area contributed by atoms with Gasteiger partial charge in [-0.3, -0.25) is 9.36 Å². The quantitative estimate of drug-likeness (QED) is 0.0272. The molecule has 0 aromatic rings. The predicted octanol–water partition coefficient (Wildman–Crippen LogP) is 24.9. The van der Waals surface area contributed by atoms with Crippen LogP contribution in [0.25, 0.3) is 0 Å². The molecule has 2 N–H and O–H groups in total. The molecular formula is C79H155N2O6P. The Morgan fingerprint density at radius 2 is 0.659 bits per heavy atom. The van der Waals surface area contributed by atoms with E-state index in [9.17, 15) is 19.4 Å². The normalized spacial score (nSPS) is 13.7. The van der Waals surface area contributed by atoms with Crippen molar-refractivity contribution in [2.75, 3.05) is 40.9 Å². The molecule has 0 radical (unpaired) electrons. The zero-order chi connectivity index (χ0) is 64.1. The van der Waals surface area contributed by atoms with Crippen LogP contribution in [0.1, 0.15) is 412 Å². The van der Waals surface area contributed by atoms with Gasteiger partial charge in [-0.1, -0.05) is 391 Å². The van der Waals surface area contributed by atoms with Gasteiger partial charge in [-0.15, -0.1) is 0 Å². The summed E-state index contributed by atoms with van der Waals surface area (Å²) >= 11 is 0. The summed E-state index contributed by atoms with van der Waals surface area (Å²) in [6.07, 6.45) is 94.5. The highest BCUT2D eigenvalue weighted by Crippen LogP contribution is 2.38. The molecule has 0 heterocycles. The van der Waals surface area contributed by atoms with Gasteiger partial charge < -0.3 is 28.8 Å². The van der Waals surface area contributed by atoms with Crippen LogP contribution in [0.5, 0.6) is 0 Å². The van der Waals surface area contributed by atoms with Crippen LogP contribution in [-0.4, -0.2) is 68.5 Å². The van der Waals surface area contributed by atoms with Gasteiger partial charge in [-0.2, -0.15) is 0 Å². The van der Waals surface area contributed by atoms with E-state index in [2.05, 4.69) is 43.5 Å². The van der Waals surface area contributed by atoms with Crippen LogP contribution in [-0.2, 0) is 18.4 Å². The van der Waals surface area contributed by atoms with Crippen molar-refractivity contribution in [1.82, 2.24) is 5.32 Å². The topological polar surface area (TPSA) is 108 Å². The van der Waals surface area contributed by atoms with Gasteiger partial charge in [0.2, 0.25) is 5.91 Å². The van der Waals surface area contributed by atoms with Gasteiger partial charge in [-0.25, -0.2) is 0 Å². The molecule has 0 spiro atoms.